The van der Waals surface area contributed by atoms with Crippen molar-refractivity contribution >= 4 is 17.5 Å². The van der Waals surface area contributed by atoms with Crippen molar-refractivity contribution in [3.8, 4) is 5.69 Å². The van der Waals surface area contributed by atoms with Gasteiger partial charge in [0, 0.05) is 42.0 Å². The first-order valence-corrected chi connectivity index (χ1v) is 11.3. The lowest BCUT2D eigenvalue weighted by Gasteiger charge is -2.48. The summed E-state index contributed by atoms with van der Waals surface area (Å²) in [5, 5.41) is 8.03. The van der Waals surface area contributed by atoms with E-state index in [0.29, 0.717) is 17.3 Å². The van der Waals surface area contributed by atoms with Crippen LogP contribution in [0.1, 0.15) is 48.3 Å². The van der Waals surface area contributed by atoms with Crippen LogP contribution in [0, 0.1) is 6.92 Å². The van der Waals surface area contributed by atoms with Gasteiger partial charge in [-0.2, -0.15) is 5.10 Å². The Kier molecular flexibility index (Phi) is 6.74. The van der Waals surface area contributed by atoms with Crippen molar-refractivity contribution in [2.24, 2.45) is 0 Å². The Hall–Kier alpha value is -2.22. The Labute approximate surface area is 187 Å². The Bertz CT molecular complexity index is 977. The van der Waals surface area contributed by atoms with Gasteiger partial charge >= 0.3 is 0 Å². The van der Waals surface area contributed by atoms with Gasteiger partial charge in [0.15, 0.2) is 5.69 Å². The quantitative estimate of drug-likeness (QED) is 0.767. The molecule has 0 bridgehead atoms. The smallest absolute Gasteiger partial charge is 0.275 e. The van der Waals surface area contributed by atoms with Crippen molar-refractivity contribution in [2.75, 3.05) is 32.8 Å². The minimum Gasteiger partial charge on any atom is -0.379 e. The summed E-state index contributed by atoms with van der Waals surface area (Å²) >= 11 is 5.98. The van der Waals surface area contributed by atoms with Crippen LogP contribution in [0.15, 0.2) is 35.1 Å². The van der Waals surface area contributed by atoms with Gasteiger partial charge in [0.2, 0.25) is 5.43 Å². The van der Waals surface area contributed by atoms with Crippen LogP contribution in [0.4, 0.5) is 0 Å². The number of morpholine rings is 1. The number of carbonyl (C=O) groups excluding carboxylic acids is 1. The van der Waals surface area contributed by atoms with Gasteiger partial charge in [0.1, 0.15) is 0 Å². The summed E-state index contributed by atoms with van der Waals surface area (Å²) in [5.41, 5.74) is 0.865. The zero-order chi connectivity index (χ0) is 21.8. The van der Waals surface area contributed by atoms with E-state index in [1.807, 2.05) is 12.1 Å². The fourth-order valence-electron chi connectivity index (χ4n) is 4.73. The largest absolute Gasteiger partial charge is 0.379 e. The SMILES string of the molecule is Cc1cc(=O)c(C(=O)NCC2(N3CCOCC3)CCCCC2)nn1-c1ccc(Cl)cc1. The Balaban J connectivity index is 1.55. The first-order chi connectivity index (χ1) is 15.0. The highest BCUT2D eigenvalue weighted by atomic mass is 35.5. The predicted octanol–water partition coefficient (Wildman–Crippen LogP) is 2.96. The number of hydrogen-bond acceptors (Lipinski definition) is 5. The van der Waals surface area contributed by atoms with E-state index in [1.165, 1.54) is 12.5 Å². The minimum absolute atomic E-state index is 0.0718. The van der Waals surface area contributed by atoms with Crippen molar-refractivity contribution in [3.63, 3.8) is 0 Å². The molecule has 4 rings (SSSR count). The zero-order valence-corrected chi connectivity index (χ0v) is 18.7. The zero-order valence-electron chi connectivity index (χ0n) is 17.9. The predicted molar refractivity (Wildman–Crippen MR) is 120 cm³/mol. The highest BCUT2D eigenvalue weighted by Crippen LogP contribution is 2.33. The molecule has 166 valence electrons. The molecule has 1 aromatic heterocycles. The van der Waals surface area contributed by atoms with Crippen LogP contribution in [0.3, 0.4) is 0 Å². The van der Waals surface area contributed by atoms with Gasteiger partial charge < -0.3 is 10.1 Å². The van der Waals surface area contributed by atoms with Gasteiger partial charge in [-0.1, -0.05) is 30.9 Å². The van der Waals surface area contributed by atoms with Crippen LogP contribution in [0.25, 0.3) is 5.69 Å². The normalized spacial score (nSPS) is 19.2. The summed E-state index contributed by atoms with van der Waals surface area (Å²) in [6, 6.07) is 8.58. The number of rotatable bonds is 5. The molecule has 2 aromatic rings. The topological polar surface area (TPSA) is 76.5 Å². The average Bonchev–Trinajstić information content (AvgIpc) is 2.80. The number of hydrogen-bond donors (Lipinski definition) is 1. The lowest BCUT2D eigenvalue weighted by Crippen LogP contribution is -2.59. The number of aromatic nitrogens is 2. The van der Waals surface area contributed by atoms with Crippen molar-refractivity contribution in [2.45, 2.75) is 44.6 Å². The van der Waals surface area contributed by atoms with E-state index in [0.717, 1.165) is 57.7 Å². The van der Waals surface area contributed by atoms with Crippen LogP contribution in [0.2, 0.25) is 5.02 Å². The first kappa shape index (κ1) is 22.0. The molecule has 1 saturated carbocycles. The van der Waals surface area contributed by atoms with E-state index in [9.17, 15) is 9.59 Å². The third-order valence-electron chi connectivity index (χ3n) is 6.44. The highest BCUT2D eigenvalue weighted by Gasteiger charge is 2.39. The molecule has 1 N–H and O–H groups in total. The molecule has 2 heterocycles. The van der Waals surface area contributed by atoms with Gasteiger partial charge in [-0.05, 0) is 44.0 Å². The number of nitrogens with one attached hydrogen (secondary N) is 1. The van der Waals surface area contributed by atoms with Crippen LogP contribution in [0.5, 0.6) is 0 Å². The summed E-state index contributed by atoms with van der Waals surface area (Å²) in [4.78, 5) is 28.1. The molecule has 0 atom stereocenters. The maximum absolute atomic E-state index is 13.0. The monoisotopic (exact) mass is 444 g/mol. The maximum atomic E-state index is 13.0. The van der Waals surface area contributed by atoms with Crippen LogP contribution >= 0.6 is 11.6 Å². The highest BCUT2D eigenvalue weighted by molar-refractivity contribution is 6.30. The molecular weight excluding hydrogens is 416 g/mol. The Morgan fingerprint density at radius 3 is 2.52 bits per heavy atom. The molecule has 2 aliphatic rings. The van der Waals surface area contributed by atoms with Crippen LogP contribution in [-0.4, -0.2) is 59.0 Å². The number of nitrogens with zero attached hydrogens (tertiary/aromatic N) is 3. The molecule has 31 heavy (non-hydrogen) atoms. The minimum atomic E-state index is -0.425. The molecule has 1 amide bonds. The first-order valence-electron chi connectivity index (χ1n) is 11.0. The standard InChI is InChI=1S/C23H29ClN4O3/c1-17-15-20(29)21(26-28(17)19-7-5-18(24)6-8-19)22(30)25-16-23(9-3-2-4-10-23)27-11-13-31-14-12-27/h5-8,15H,2-4,9-14,16H2,1H3,(H,25,30). The molecule has 1 aromatic carbocycles. The molecule has 8 heteroatoms. The Morgan fingerprint density at radius 2 is 1.84 bits per heavy atom. The summed E-state index contributed by atoms with van der Waals surface area (Å²) < 4.78 is 7.13. The molecule has 0 spiro atoms. The number of halogens is 1. The van der Waals surface area contributed by atoms with Gasteiger partial charge in [-0.25, -0.2) is 4.68 Å². The molecule has 1 aliphatic heterocycles. The molecule has 2 fully saturated rings. The summed E-state index contributed by atoms with van der Waals surface area (Å²) in [6.45, 7) is 5.51. The molecule has 1 saturated heterocycles. The second-order valence-corrected chi connectivity index (χ2v) is 8.89. The molecule has 0 radical (unpaired) electrons. The van der Waals surface area contributed by atoms with Crippen molar-refractivity contribution in [1.29, 1.82) is 0 Å². The van der Waals surface area contributed by atoms with Gasteiger partial charge in [-0.3, -0.25) is 14.5 Å². The van der Waals surface area contributed by atoms with Crippen molar-refractivity contribution in [3.05, 3.63) is 57.0 Å². The van der Waals surface area contributed by atoms with Crippen LogP contribution < -0.4 is 10.7 Å². The van der Waals surface area contributed by atoms with E-state index >= 15 is 0 Å². The van der Waals surface area contributed by atoms with E-state index in [2.05, 4.69) is 15.3 Å². The molecule has 7 nitrogen and oxygen atoms in total. The van der Waals surface area contributed by atoms with Gasteiger partial charge in [0.25, 0.3) is 5.91 Å². The van der Waals surface area contributed by atoms with Gasteiger partial charge in [0.05, 0.1) is 18.9 Å². The maximum Gasteiger partial charge on any atom is 0.275 e. The number of aryl methyl sites for hydroxylation is 1. The molecule has 0 unspecified atom stereocenters. The third kappa shape index (κ3) is 4.84. The lowest BCUT2D eigenvalue weighted by molar-refractivity contribution is -0.0361. The number of ether oxygens (including phenoxy) is 1. The molecular formula is C23H29ClN4O3. The van der Waals surface area contributed by atoms with E-state index in [4.69, 9.17) is 16.3 Å². The van der Waals surface area contributed by atoms with Crippen LogP contribution in [-0.2, 0) is 4.74 Å². The van der Waals surface area contributed by atoms with E-state index in [-0.39, 0.29) is 16.7 Å². The van der Waals surface area contributed by atoms with Crippen molar-refractivity contribution in [1.82, 2.24) is 20.0 Å². The molecule has 1 aliphatic carbocycles. The fourth-order valence-corrected chi connectivity index (χ4v) is 4.86. The van der Waals surface area contributed by atoms with Crippen molar-refractivity contribution < 1.29 is 9.53 Å². The number of amides is 1. The summed E-state index contributed by atoms with van der Waals surface area (Å²) in [5.74, 6) is -0.425. The van der Waals surface area contributed by atoms with E-state index < -0.39 is 5.91 Å². The summed E-state index contributed by atoms with van der Waals surface area (Å²) in [7, 11) is 0. The second kappa shape index (κ2) is 9.51. The average molecular weight is 445 g/mol. The van der Waals surface area contributed by atoms with Gasteiger partial charge in [-0.15, -0.1) is 0 Å². The lowest BCUT2D eigenvalue weighted by atomic mass is 9.79. The number of benzene rings is 1. The van der Waals surface area contributed by atoms with E-state index in [1.54, 1.807) is 23.7 Å². The second-order valence-electron chi connectivity index (χ2n) is 8.45. The Morgan fingerprint density at radius 1 is 1.16 bits per heavy atom. The summed E-state index contributed by atoms with van der Waals surface area (Å²) in [6.07, 6.45) is 5.62. The third-order valence-corrected chi connectivity index (χ3v) is 6.69. The fraction of sp³-hybridized carbons (Fsp3) is 0.522. The number of carbonyl (C=O) groups is 1.